The van der Waals surface area contributed by atoms with E-state index >= 15 is 0 Å². The summed E-state index contributed by atoms with van der Waals surface area (Å²) in [5.41, 5.74) is 0.768. The Morgan fingerprint density at radius 1 is 1.50 bits per heavy atom. The number of hydrogen-bond donors (Lipinski definition) is 0. The zero-order valence-corrected chi connectivity index (χ0v) is 12.6. The predicted molar refractivity (Wildman–Crippen MR) is 82.7 cm³/mol. The maximum Gasteiger partial charge on any atom is 0.293 e. The Kier molecular flexibility index (Phi) is 4.73. The normalized spacial score (nSPS) is 10.2. The molecule has 0 spiro atoms. The van der Waals surface area contributed by atoms with Gasteiger partial charge in [0, 0.05) is 38.6 Å². The number of hydrogen-bond acceptors (Lipinski definition) is 5. The van der Waals surface area contributed by atoms with Gasteiger partial charge in [0.15, 0.2) is 0 Å². The number of aryl methyl sites for hydroxylation is 2. The molecule has 0 saturated heterocycles. The van der Waals surface area contributed by atoms with Crippen LogP contribution in [0.15, 0.2) is 30.6 Å². The molecule has 0 atom stereocenters. The van der Waals surface area contributed by atoms with Crippen LogP contribution in [0.4, 0.5) is 11.4 Å². The van der Waals surface area contributed by atoms with Crippen molar-refractivity contribution in [3.63, 3.8) is 0 Å². The highest BCUT2D eigenvalue weighted by Gasteiger charge is 2.17. The van der Waals surface area contributed by atoms with E-state index in [1.807, 2.05) is 35.7 Å². The van der Waals surface area contributed by atoms with Crippen LogP contribution in [-0.4, -0.2) is 28.1 Å². The molecule has 7 nitrogen and oxygen atoms in total. The fourth-order valence-electron chi connectivity index (χ4n) is 2.30. The number of aromatic nitrogens is 2. The number of imidazole rings is 1. The first kappa shape index (κ1) is 15.5. The van der Waals surface area contributed by atoms with E-state index in [0.717, 1.165) is 18.8 Å². The quantitative estimate of drug-likeness (QED) is 0.604. The number of nitriles is 1. The van der Waals surface area contributed by atoms with Crippen molar-refractivity contribution in [2.75, 3.05) is 18.5 Å². The van der Waals surface area contributed by atoms with Crippen LogP contribution >= 0.6 is 0 Å². The average Bonchev–Trinajstić information content (AvgIpc) is 2.91. The molecule has 0 aliphatic carbocycles. The molecule has 2 rings (SSSR count). The first-order chi connectivity index (χ1) is 10.5. The summed E-state index contributed by atoms with van der Waals surface area (Å²) in [5.74, 6) is 0.951. The molecule has 1 aromatic heterocycles. The molecule has 22 heavy (non-hydrogen) atoms. The van der Waals surface area contributed by atoms with Crippen LogP contribution in [0.25, 0.3) is 0 Å². The van der Waals surface area contributed by atoms with Crippen molar-refractivity contribution in [3.8, 4) is 6.07 Å². The molecule has 114 valence electrons. The van der Waals surface area contributed by atoms with E-state index < -0.39 is 4.92 Å². The standard InChI is InChI=1S/C15H17N5O2/c1-12-17-6-9-19(12)8-3-7-18(2)14-5-4-13(11-16)10-15(14)20(21)22/h4-6,9-10H,3,7-8H2,1-2H3. The zero-order valence-electron chi connectivity index (χ0n) is 12.6. The van der Waals surface area contributed by atoms with Gasteiger partial charge in [0.05, 0.1) is 16.6 Å². The highest BCUT2D eigenvalue weighted by molar-refractivity contribution is 5.65. The summed E-state index contributed by atoms with van der Waals surface area (Å²) in [6.07, 6.45) is 4.51. The van der Waals surface area contributed by atoms with Gasteiger partial charge in [-0.15, -0.1) is 0 Å². The molecule has 7 heteroatoms. The molecule has 1 heterocycles. The number of rotatable bonds is 6. The lowest BCUT2D eigenvalue weighted by Gasteiger charge is -2.19. The molecule has 0 aliphatic rings. The van der Waals surface area contributed by atoms with E-state index in [-0.39, 0.29) is 11.3 Å². The summed E-state index contributed by atoms with van der Waals surface area (Å²) in [7, 11) is 1.81. The summed E-state index contributed by atoms with van der Waals surface area (Å²) in [6, 6.07) is 6.45. The van der Waals surface area contributed by atoms with Crippen LogP contribution in [0.1, 0.15) is 17.8 Å². The summed E-state index contributed by atoms with van der Waals surface area (Å²) >= 11 is 0. The number of benzene rings is 1. The van der Waals surface area contributed by atoms with Crippen molar-refractivity contribution < 1.29 is 4.92 Å². The third-order valence-corrected chi connectivity index (χ3v) is 3.53. The van der Waals surface area contributed by atoms with Crippen molar-refractivity contribution in [1.82, 2.24) is 9.55 Å². The number of nitrogens with zero attached hydrogens (tertiary/aromatic N) is 5. The van der Waals surface area contributed by atoms with Crippen LogP contribution in [0, 0.1) is 28.4 Å². The highest BCUT2D eigenvalue weighted by Crippen LogP contribution is 2.28. The van der Waals surface area contributed by atoms with Gasteiger partial charge in [-0.3, -0.25) is 10.1 Å². The SMILES string of the molecule is Cc1nccn1CCCN(C)c1ccc(C#N)cc1[N+](=O)[O-]. The van der Waals surface area contributed by atoms with Crippen LogP contribution in [0.5, 0.6) is 0 Å². The average molecular weight is 299 g/mol. The monoisotopic (exact) mass is 299 g/mol. The molecule has 0 bridgehead atoms. The Morgan fingerprint density at radius 3 is 2.86 bits per heavy atom. The Labute approximate surface area is 128 Å². The van der Waals surface area contributed by atoms with Gasteiger partial charge in [0.1, 0.15) is 11.5 Å². The van der Waals surface area contributed by atoms with Gasteiger partial charge < -0.3 is 9.47 Å². The molecular formula is C15H17N5O2. The number of anilines is 1. The Bertz CT molecular complexity index is 717. The van der Waals surface area contributed by atoms with Crippen molar-refractivity contribution in [2.45, 2.75) is 19.9 Å². The molecule has 0 aliphatic heterocycles. The highest BCUT2D eigenvalue weighted by atomic mass is 16.6. The van der Waals surface area contributed by atoms with Crippen molar-refractivity contribution in [2.24, 2.45) is 0 Å². The number of nitro benzene ring substituents is 1. The molecule has 0 saturated carbocycles. The fraction of sp³-hybridized carbons (Fsp3) is 0.333. The smallest absolute Gasteiger partial charge is 0.293 e. The predicted octanol–water partition coefficient (Wildman–Crippen LogP) is 2.50. The van der Waals surface area contributed by atoms with Gasteiger partial charge in [-0.2, -0.15) is 5.26 Å². The van der Waals surface area contributed by atoms with E-state index in [2.05, 4.69) is 4.98 Å². The molecule has 0 unspecified atom stereocenters. The molecule has 0 fully saturated rings. The van der Waals surface area contributed by atoms with Crippen LogP contribution in [-0.2, 0) is 6.54 Å². The van der Waals surface area contributed by atoms with Crippen LogP contribution in [0.3, 0.4) is 0 Å². The molecule has 0 amide bonds. The second kappa shape index (κ2) is 6.72. The second-order valence-electron chi connectivity index (χ2n) is 5.02. The summed E-state index contributed by atoms with van der Waals surface area (Å²) in [6.45, 7) is 3.42. The minimum atomic E-state index is -0.452. The van der Waals surface area contributed by atoms with Gasteiger partial charge in [0.2, 0.25) is 0 Å². The fourth-order valence-corrected chi connectivity index (χ4v) is 2.30. The van der Waals surface area contributed by atoms with Gasteiger partial charge >= 0.3 is 0 Å². The topological polar surface area (TPSA) is 88.0 Å². The molecule has 2 aromatic rings. The lowest BCUT2D eigenvalue weighted by Crippen LogP contribution is -2.21. The largest absolute Gasteiger partial charge is 0.369 e. The van der Waals surface area contributed by atoms with Crippen molar-refractivity contribution in [1.29, 1.82) is 5.26 Å². The van der Waals surface area contributed by atoms with Crippen LogP contribution < -0.4 is 4.90 Å². The maximum atomic E-state index is 11.2. The minimum absolute atomic E-state index is 0.0413. The second-order valence-corrected chi connectivity index (χ2v) is 5.02. The van der Waals surface area contributed by atoms with E-state index in [1.165, 1.54) is 6.07 Å². The van der Waals surface area contributed by atoms with Crippen molar-refractivity contribution in [3.05, 3.63) is 52.1 Å². The van der Waals surface area contributed by atoms with Crippen molar-refractivity contribution >= 4 is 11.4 Å². The summed E-state index contributed by atoms with van der Waals surface area (Å²) in [5, 5.41) is 20.0. The van der Waals surface area contributed by atoms with E-state index in [0.29, 0.717) is 12.2 Å². The molecule has 0 radical (unpaired) electrons. The van der Waals surface area contributed by atoms with Gasteiger partial charge in [-0.05, 0) is 25.5 Å². The summed E-state index contributed by atoms with van der Waals surface area (Å²) in [4.78, 5) is 16.7. The Balaban J connectivity index is 2.06. The van der Waals surface area contributed by atoms with E-state index in [9.17, 15) is 10.1 Å². The molecular weight excluding hydrogens is 282 g/mol. The lowest BCUT2D eigenvalue weighted by molar-refractivity contribution is -0.384. The molecule has 0 N–H and O–H groups in total. The maximum absolute atomic E-state index is 11.2. The first-order valence-electron chi connectivity index (χ1n) is 6.90. The third kappa shape index (κ3) is 3.41. The molecule has 1 aromatic carbocycles. The van der Waals surface area contributed by atoms with Crippen LogP contribution in [0.2, 0.25) is 0 Å². The van der Waals surface area contributed by atoms with Gasteiger partial charge in [-0.1, -0.05) is 0 Å². The number of nitro groups is 1. The van der Waals surface area contributed by atoms with E-state index in [1.54, 1.807) is 18.3 Å². The zero-order chi connectivity index (χ0) is 16.1. The summed E-state index contributed by atoms with van der Waals surface area (Å²) < 4.78 is 2.04. The van der Waals surface area contributed by atoms with E-state index in [4.69, 9.17) is 5.26 Å². The van der Waals surface area contributed by atoms with Gasteiger partial charge in [0.25, 0.3) is 5.69 Å². The Hall–Kier alpha value is -2.88. The first-order valence-corrected chi connectivity index (χ1v) is 6.90. The Morgan fingerprint density at radius 2 is 2.27 bits per heavy atom. The third-order valence-electron chi connectivity index (χ3n) is 3.53. The lowest BCUT2D eigenvalue weighted by atomic mass is 10.1. The van der Waals surface area contributed by atoms with Gasteiger partial charge in [-0.25, -0.2) is 4.98 Å². The minimum Gasteiger partial charge on any atom is -0.369 e.